The van der Waals surface area contributed by atoms with Crippen LogP contribution in [0.25, 0.3) is 0 Å². The normalized spacial score (nSPS) is 14.7. The molecule has 3 aromatic rings. The topological polar surface area (TPSA) is 83.6 Å². The minimum atomic E-state index is -3.74. The van der Waals surface area contributed by atoms with E-state index in [1.54, 1.807) is 35.2 Å². The van der Waals surface area contributed by atoms with Gasteiger partial charge in [0.2, 0.25) is 0 Å². The molecule has 3 aromatic carbocycles. The van der Waals surface area contributed by atoms with Gasteiger partial charge in [-0.15, -0.1) is 0 Å². The van der Waals surface area contributed by atoms with Gasteiger partial charge in [-0.1, -0.05) is 48.5 Å². The van der Waals surface area contributed by atoms with Gasteiger partial charge < -0.3 is 4.90 Å². The third kappa shape index (κ3) is 4.89. The molecule has 0 radical (unpaired) electrons. The molecule has 1 heterocycles. The molecule has 0 bridgehead atoms. The highest BCUT2D eigenvalue weighted by atomic mass is 32.2. The molecule has 6 nitrogen and oxygen atoms in total. The Kier molecular flexibility index (Phi) is 6.37. The van der Waals surface area contributed by atoms with Crippen LogP contribution >= 0.6 is 0 Å². The molecule has 0 spiro atoms. The van der Waals surface area contributed by atoms with Gasteiger partial charge in [-0.25, -0.2) is 8.42 Å². The molecule has 0 saturated carbocycles. The SMILES string of the molecule is O=C(c1ccccc1)C1CCN(C(=O)c2ccc(S(=O)(=O)Nc3ccccc3)cc2)CC1. The first-order chi connectivity index (χ1) is 15.4. The van der Waals surface area contributed by atoms with Crippen LogP contribution in [0.15, 0.2) is 89.8 Å². The number of benzene rings is 3. The lowest BCUT2D eigenvalue weighted by molar-refractivity contribution is 0.0650. The van der Waals surface area contributed by atoms with Gasteiger partial charge in [-0.3, -0.25) is 14.3 Å². The van der Waals surface area contributed by atoms with Gasteiger partial charge in [0.15, 0.2) is 5.78 Å². The Balaban J connectivity index is 1.38. The van der Waals surface area contributed by atoms with E-state index in [-0.39, 0.29) is 22.5 Å². The molecule has 1 N–H and O–H groups in total. The molecular formula is C25H24N2O4S. The van der Waals surface area contributed by atoms with Crippen LogP contribution in [-0.4, -0.2) is 38.1 Å². The summed E-state index contributed by atoms with van der Waals surface area (Å²) < 4.78 is 27.6. The van der Waals surface area contributed by atoms with E-state index in [1.165, 1.54) is 24.3 Å². The van der Waals surface area contributed by atoms with Crippen molar-refractivity contribution in [2.24, 2.45) is 5.92 Å². The molecule has 0 unspecified atom stereocenters. The number of ketones is 1. The molecule has 1 saturated heterocycles. The second-order valence-electron chi connectivity index (χ2n) is 7.79. The first-order valence-electron chi connectivity index (χ1n) is 10.5. The minimum absolute atomic E-state index is 0.0852. The van der Waals surface area contributed by atoms with Gasteiger partial charge in [-0.2, -0.15) is 0 Å². The van der Waals surface area contributed by atoms with Gasteiger partial charge in [-0.05, 0) is 49.2 Å². The van der Waals surface area contributed by atoms with Crippen LogP contribution in [0.1, 0.15) is 33.6 Å². The largest absolute Gasteiger partial charge is 0.339 e. The molecule has 1 amide bonds. The van der Waals surface area contributed by atoms with Crippen LogP contribution < -0.4 is 4.72 Å². The van der Waals surface area contributed by atoms with Crippen LogP contribution in [0.4, 0.5) is 5.69 Å². The van der Waals surface area contributed by atoms with Crippen molar-refractivity contribution in [3.63, 3.8) is 0 Å². The molecule has 1 fully saturated rings. The Hall–Kier alpha value is -3.45. The summed E-state index contributed by atoms with van der Waals surface area (Å²) >= 11 is 0. The van der Waals surface area contributed by atoms with Crippen LogP contribution in [0.2, 0.25) is 0 Å². The predicted molar refractivity (Wildman–Crippen MR) is 123 cm³/mol. The van der Waals surface area contributed by atoms with Crippen LogP contribution in [0, 0.1) is 5.92 Å². The molecule has 1 aliphatic heterocycles. The lowest BCUT2D eigenvalue weighted by atomic mass is 9.88. The number of nitrogens with one attached hydrogen (secondary N) is 1. The number of anilines is 1. The number of Topliss-reactive ketones (excluding diaryl/α,β-unsaturated/α-hetero) is 1. The average molecular weight is 449 g/mol. The van der Waals surface area contributed by atoms with Crippen LogP contribution in [0.5, 0.6) is 0 Å². The Morgan fingerprint density at radius 3 is 1.91 bits per heavy atom. The molecule has 0 aromatic heterocycles. The zero-order valence-electron chi connectivity index (χ0n) is 17.5. The van der Waals surface area contributed by atoms with Crippen molar-refractivity contribution in [3.8, 4) is 0 Å². The number of carbonyl (C=O) groups excluding carboxylic acids is 2. The monoisotopic (exact) mass is 448 g/mol. The van der Waals surface area contributed by atoms with Gasteiger partial charge in [0.05, 0.1) is 4.90 Å². The fourth-order valence-electron chi connectivity index (χ4n) is 3.86. The molecule has 4 rings (SSSR count). The summed E-state index contributed by atoms with van der Waals surface area (Å²) in [5, 5.41) is 0. The van der Waals surface area contributed by atoms with Gasteiger partial charge in [0, 0.05) is 35.8 Å². The van der Waals surface area contributed by atoms with Gasteiger partial charge >= 0.3 is 0 Å². The fourth-order valence-corrected chi connectivity index (χ4v) is 4.92. The number of likely N-dealkylation sites (tertiary alicyclic amines) is 1. The summed E-state index contributed by atoms with van der Waals surface area (Å²) in [4.78, 5) is 27.3. The summed E-state index contributed by atoms with van der Waals surface area (Å²) in [6.07, 6.45) is 1.24. The summed E-state index contributed by atoms with van der Waals surface area (Å²) in [7, 11) is -3.74. The van der Waals surface area contributed by atoms with E-state index in [2.05, 4.69) is 4.72 Å². The number of sulfonamides is 1. The lowest BCUT2D eigenvalue weighted by Gasteiger charge is -2.31. The van der Waals surface area contributed by atoms with Crippen molar-refractivity contribution < 1.29 is 18.0 Å². The van der Waals surface area contributed by atoms with Crippen molar-refractivity contribution in [1.29, 1.82) is 0 Å². The van der Waals surface area contributed by atoms with Crippen LogP contribution in [-0.2, 0) is 10.0 Å². The van der Waals surface area contributed by atoms with Crippen molar-refractivity contribution in [1.82, 2.24) is 4.90 Å². The molecule has 164 valence electrons. The molecule has 7 heteroatoms. The zero-order valence-corrected chi connectivity index (χ0v) is 18.3. The van der Waals surface area contributed by atoms with Crippen molar-refractivity contribution in [3.05, 3.63) is 96.1 Å². The molecule has 32 heavy (non-hydrogen) atoms. The maximum Gasteiger partial charge on any atom is 0.261 e. The van der Waals surface area contributed by atoms with Gasteiger partial charge in [0.1, 0.15) is 0 Å². The Morgan fingerprint density at radius 1 is 0.750 bits per heavy atom. The van der Waals surface area contributed by atoms with Gasteiger partial charge in [0.25, 0.3) is 15.9 Å². The van der Waals surface area contributed by atoms with E-state index < -0.39 is 10.0 Å². The molecule has 0 atom stereocenters. The summed E-state index contributed by atoms with van der Waals surface area (Å²) in [5.41, 5.74) is 1.61. The van der Waals surface area contributed by atoms with E-state index in [0.29, 0.717) is 42.7 Å². The first kappa shape index (κ1) is 21.8. The highest BCUT2D eigenvalue weighted by molar-refractivity contribution is 7.92. The third-order valence-electron chi connectivity index (χ3n) is 5.65. The number of piperidine rings is 1. The first-order valence-corrected chi connectivity index (χ1v) is 12.0. The lowest BCUT2D eigenvalue weighted by Crippen LogP contribution is -2.40. The smallest absolute Gasteiger partial charge is 0.261 e. The minimum Gasteiger partial charge on any atom is -0.339 e. The third-order valence-corrected chi connectivity index (χ3v) is 7.05. The maximum atomic E-state index is 12.9. The number of hydrogen-bond acceptors (Lipinski definition) is 4. The number of para-hydroxylation sites is 1. The van der Waals surface area contributed by atoms with E-state index >= 15 is 0 Å². The predicted octanol–water partition coefficient (Wildman–Crippen LogP) is 4.22. The molecule has 0 aliphatic carbocycles. The maximum absolute atomic E-state index is 12.9. The van der Waals surface area contributed by atoms with Crippen molar-refractivity contribution in [2.75, 3.05) is 17.8 Å². The Morgan fingerprint density at radius 2 is 1.31 bits per heavy atom. The highest BCUT2D eigenvalue weighted by Gasteiger charge is 2.28. The van der Waals surface area contributed by atoms with E-state index in [0.717, 1.165) is 0 Å². The summed E-state index contributed by atoms with van der Waals surface area (Å²) in [5.74, 6) is -0.119. The zero-order chi connectivity index (χ0) is 22.6. The van der Waals surface area contributed by atoms with E-state index in [9.17, 15) is 18.0 Å². The molecule has 1 aliphatic rings. The molecular weight excluding hydrogens is 424 g/mol. The van der Waals surface area contributed by atoms with E-state index in [1.807, 2.05) is 30.3 Å². The quantitative estimate of drug-likeness (QED) is 0.572. The second-order valence-corrected chi connectivity index (χ2v) is 9.48. The number of carbonyl (C=O) groups is 2. The summed E-state index contributed by atoms with van der Waals surface area (Å²) in [6, 6.07) is 23.8. The second kappa shape index (κ2) is 9.36. The summed E-state index contributed by atoms with van der Waals surface area (Å²) in [6.45, 7) is 0.995. The number of rotatable bonds is 6. The number of nitrogens with zero attached hydrogens (tertiary/aromatic N) is 1. The Labute approximate surface area is 187 Å². The van der Waals surface area contributed by atoms with E-state index in [4.69, 9.17) is 0 Å². The van der Waals surface area contributed by atoms with Crippen molar-refractivity contribution in [2.45, 2.75) is 17.7 Å². The standard InChI is InChI=1S/C25H24N2O4S/c28-24(19-7-3-1-4-8-19)20-15-17-27(18-16-20)25(29)21-11-13-23(14-12-21)32(30,31)26-22-9-5-2-6-10-22/h1-14,20,26H,15-18H2. The highest BCUT2D eigenvalue weighted by Crippen LogP contribution is 2.24. The number of amides is 1. The fraction of sp³-hybridized carbons (Fsp3) is 0.200. The average Bonchev–Trinajstić information content (AvgIpc) is 2.84. The Bertz CT molecular complexity index is 1190. The van der Waals surface area contributed by atoms with Crippen LogP contribution in [0.3, 0.4) is 0 Å². The van der Waals surface area contributed by atoms with Crippen molar-refractivity contribution >= 4 is 27.4 Å². The number of hydrogen-bond donors (Lipinski definition) is 1.